The number of urea groups is 1. The third-order valence-corrected chi connectivity index (χ3v) is 0.290. The molecule has 0 unspecified atom stereocenters. The molecular weight excluding hydrogens is 98.0 g/mol. The molecule has 5 heteroatoms. The lowest BCUT2D eigenvalue weighted by molar-refractivity contribution is 0.220. The number of amides is 2. The number of primary amides is 1. The number of carbonyl (C=O) groups is 1. The molecule has 0 heterocycles. The van der Waals surface area contributed by atoms with Gasteiger partial charge < -0.3 is 5.73 Å². The zero-order chi connectivity index (χ0) is 8.36. The van der Waals surface area contributed by atoms with Crippen molar-refractivity contribution in [3.8, 4) is 0 Å². The fourth-order valence-electron chi connectivity index (χ4n) is 0.0402. The van der Waals surface area contributed by atoms with Crippen LogP contribution in [0.5, 0.6) is 0 Å². The number of carbonyl (C=O) groups excluding carboxylic acids is 1. The highest BCUT2D eigenvalue weighted by Gasteiger charge is 1.97. The summed E-state index contributed by atoms with van der Waals surface area (Å²) in [5.41, 5.74) is 4.47. The molecule has 40 valence electrons. The fourth-order valence-corrected chi connectivity index (χ4v) is 0.0402. The Morgan fingerprint density at radius 3 is 2.71 bits per heavy atom. The molecule has 0 atom stereocenters. The van der Waals surface area contributed by atoms with Crippen LogP contribution in [0.1, 0.15) is 4.11 Å². The molecule has 0 aliphatic heterocycles. The second kappa shape index (κ2) is 2.12. The second-order valence-electron chi connectivity index (χ2n) is 0.732. The Morgan fingerprint density at radius 1 is 2.14 bits per heavy atom. The van der Waals surface area contributed by atoms with Gasteiger partial charge in [-0.1, -0.05) is 0 Å². The van der Waals surface area contributed by atoms with Gasteiger partial charge in [0, 0.05) is 11.1 Å². The molecular formula is C2H5N3O2. The summed E-state index contributed by atoms with van der Waals surface area (Å²) in [6, 6.07) is -1.39. The average molecular weight is 106 g/mol. The standard InChI is InChI=1S/C2H5N3O2/c1-5(4-7)2(3)6/h1H3,(H2,3,6)/i1D3. The lowest BCUT2D eigenvalue weighted by atomic mass is 11.0. The van der Waals surface area contributed by atoms with Crippen molar-refractivity contribution in [1.82, 2.24) is 5.01 Å². The number of nitroso groups, excluding NO2 is 1. The Labute approximate surface area is 44.2 Å². The van der Waals surface area contributed by atoms with E-state index < -0.39 is 13.0 Å². The zero-order valence-corrected chi connectivity index (χ0v) is 3.29. The van der Waals surface area contributed by atoms with Crippen LogP contribution in [0.15, 0.2) is 5.29 Å². The van der Waals surface area contributed by atoms with Crippen LogP contribution in [0.2, 0.25) is 0 Å². The topological polar surface area (TPSA) is 75.8 Å². The first kappa shape index (κ1) is 2.25. The van der Waals surface area contributed by atoms with Crippen molar-refractivity contribution in [3.63, 3.8) is 0 Å². The molecule has 0 bridgehead atoms. The van der Waals surface area contributed by atoms with E-state index in [9.17, 15) is 9.70 Å². The molecule has 0 aromatic rings. The first-order valence-electron chi connectivity index (χ1n) is 2.82. The van der Waals surface area contributed by atoms with Crippen molar-refractivity contribution in [2.75, 3.05) is 6.98 Å². The molecule has 0 spiro atoms. The van der Waals surface area contributed by atoms with E-state index in [0.29, 0.717) is 0 Å². The molecule has 7 heavy (non-hydrogen) atoms. The van der Waals surface area contributed by atoms with Crippen LogP contribution in [0, 0.1) is 4.91 Å². The van der Waals surface area contributed by atoms with Crippen LogP contribution < -0.4 is 5.73 Å². The molecule has 0 aliphatic carbocycles. The summed E-state index contributed by atoms with van der Waals surface area (Å²) in [7, 11) is 0. The predicted molar refractivity (Wildman–Crippen MR) is 23.1 cm³/mol. The van der Waals surface area contributed by atoms with Gasteiger partial charge >= 0.3 is 6.03 Å². The maximum Gasteiger partial charge on any atom is 0.337 e. The van der Waals surface area contributed by atoms with Gasteiger partial charge in [-0.2, -0.15) is 5.01 Å². The maximum absolute atomic E-state index is 10.1. The number of nitrogens with zero attached hydrogens (tertiary/aromatic N) is 2. The monoisotopic (exact) mass is 106 g/mol. The Morgan fingerprint density at radius 2 is 2.71 bits per heavy atom. The largest absolute Gasteiger partial charge is 0.350 e. The fraction of sp³-hybridized carbons (Fsp3) is 0.500. The van der Waals surface area contributed by atoms with Crippen LogP contribution in [0.25, 0.3) is 0 Å². The van der Waals surface area contributed by atoms with Crippen LogP contribution in [-0.4, -0.2) is 18.0 Å². The minimum atomic E-state index is -2.88. The Kier molecular flexibility index (Phi) is 0.680. The molecule has 0 saturated heterocycles. The highest BCUT2D eigenvalue weighted by Crippen LogP contribution is 1.76. The van der Waals surface area contributed by atoms with E-state index in [0.717, 1.165) is 0 Å². The van der Waals surface area contributed by atoms with E-state index in [1.54, 1.807) is 0 Å². The zero-order valence-electron chi connectivity index (χ0n) is 6.29. The third-order valence-electron chi connectivity index (χ3n) is 0.290. The predicted octanol–water partition coefficient (Wildman–Crippen LogP) is -0.322. The van der Waals surface area contributed by atoms with Crippen LogP contribution in [0.3, 0.4) is 0 Å². The SMILES string of the molecule is [2H]C([2H])([2H])N(N=O)C(N)=O. The highest BCUT2D eigenvalue weighted by atomic mass is 16.3. The maximum atomic E-state index is 10.1. The van der Waals surface area contributed by atoms with Gasteiger partial charge in [0.25, 0.3) is 0 Å². The molecule has 0 fully saturated rings. The van der Waals surface area contributed by atoms with E-state index >= 15 is 0 Å². The lowest BCUT2D eigenvalue weighted by Crippen LogP contribution is -2.26. The van der Waals surface area contributed by atoms with Crippen LogP contribution in [-0.2, 0) is 0 Å². The van der Waals surface area contributed by atoms with E-state index in [-0.39, 0.29) is 5.01 Å². The summed E-state index contributed by atoms with van der Waals surface area (Å²) in [4.78, 5) is 19.7. The lowest BCUT2D eigenvalue weighted by Gasteiger charge is -1.97. The van der Waals surface area contributed by atoms with E-state index in [4.69, 9.17) is 4.11 Å². The molecule has 2 N–H and O–H groups in total. The van der Waals surface area contributed by atoms with Gasteiger partial charge in [-0.25, -0.2) is 4.79 Å². The molecule has 0 aromatic heterocycles. The number of nitrogens with two attached hydrogens (primary N) is 1. The number of hydrogen-bond donors (Lipinski definition) is 1. The summed E-state index contributed by atoms with van der Waals surface area (Å²) in [5.74, 6) is 0. The number of hydrogen-bond acceptors (Lipinski definition) is 3. The van der Waals surface area contributed by atoms with Crippen molar-refractivity contribution in [3.05, 3.63) is 4.91 Å². The summed E-state index contributed by atoms with van der Waals surface area (Å²) in [6.45, 7) is -2.88. The summed E-state index contributed by atoms with van der Waals surface area (Å²) in [6.07, 6.45) is 0. The van der Waals surface area contributed by atoms with Crippen LogP contribution >= 0.6 is 0 Å². The van der Waals surface area contributed by atoms with Gasteiger partial charge in [-0.05, 0) is 0 Å². The van der Waals surface area contributed by atoms with Gasteiger partial charge in [0.15, 0.2) is 0 Å². The van der Waals surface area contributed by atoms with E-state index in [1.165, 1.54) is 0 Å². The third kappa shape index (κ3) is 1.69. The number of rotatable bonds is 1. The molecule has 0 aliphatic rings. The summed E-state index contributed by atoms with van der Waals surface area (Å²) >= 11 is 0. The summed E-state index contributed by atoms with van der Waals surface area (Å²) < 4.78 is 19.5. The Balaban J connectivity index is 4.36. The molecule has 0 aromatic carbocycles. The van der Waals surface area contributed by atoms with Crippen LogP contribution in [0.4, 0.5) is 4.79 Å². The first-order valence-corrected chi connectivity index (χ1v) is 1.32. The minimum absolute atomic E-state index is 0.312. The molecule has 0 radical (unpaired) electrons. The normalized spacial score (nSPS) is 15.7. The van der Waals surface area contributed by atoms with Gasteiger partial charge in [0.2, 0.25) is 0 Å². The summed E-state index contributed by atoms with van der Waals surface area (Å²) in [5, 5.41) is 1.59. The minimum Gasteiger partial charge on any atom is -0.350 e. The van der Waals surface area contributed by atoms with Gasteiger partial charge in [0.05, 0.1) is 5.29 Å². The van der Waals surface area contributed by atoms with Crippen molar-refractivity contribution in [2.24, 2.45) is 11.0 Å². The second-order valence-corrected chi connectivity index (χ2v) is 0.732. The molecule has 5 nitrogen and oxygen atoms in total. The van der Waals surface area contributed by atoms with Crippen molar-refractivity contribution >= 4 is 6.03 Å². The molecule has 2 amide bonds. The Hall–Kier alpha value is -1.13. The van der Waals surface area contributed by atoms with Gasteiger partial charge in [0.1, 0.15) is 0 Å². The van der Waals surface area contributed by atoms with Gasteiger partial charge in [-0.15, -0.1) is 4.91 Å². The van der Waals surface area contributed by atoms with E-state index in [1.807, 2.05) is 5.29 Å². The van der Waals surface area contributed by atoms with E-state index in [2.05, 4.69) is 5.73 Å². The Bertz CT molecular complexity index is 154. The first-order chi connectivity index (χ1) is 4.39. The molecule has 0 rings (SSSR count). The van der Waals surface area contributed by atoms with Crippen molar-refractivity contribution in [1.29, 1.82) is 0 Å². The quantitative estimate of drug-likeness (QED) is 0.367. The van der Waals surface area contributed by atoms with Gasteiger partial charge in [-0.3, -0.25) is 0 Å². The van der Waals surface area contributed by atoms with Crippen molar-refractivity contribution < 1.29 is 8.91 Å². The van der Waals surface area contributed by atoms with Crippen molar-refractivity contribution in [2.45, 2.75) is 0 Å². The average Bonchev–Trinajstić information content (AvgIpc) is 1.60. The highest BCUT2D eigenvalue weighted by molar-refractivity contribution is 5.70. The smallest absolute Gasteiger partial charge is 0.337 e. The molecule has 0 saturated carbocycles.